The Morgan fingerprint density at radius 1 is 1.90 bits per heavy atom. The maximum atomic E-state index is 10.6. The fourth-order valence-electron chi connectivity index (χ4n) is 0.587. The third-order valence-electron chi connectivity index (χ3n) is 1.09. The Bertz CT molecular complexity index is 161. The lowest BCUT2D eigenvalue weighted by Crippen LogP contribution is -2.01. The smallest absolute Gasteiger partial charge is 0.313 e. The topological polar surface area (TPSA) is 44.8 Å². The molecule has 0 radical (unpaired) electrons. The van der Waals surface area contributed by atoms with Crippen LogP contribution in [0.5, 0.6) is 0 Å². The SMILES string of the molecule is COC(=O)CC1=CCOO1. The van der Waals surface area contributed by atoms with Crippen molar-refractivity contribution in [2.24, 2.45) is 0 Å². The van der Waals surface area contributed by atoms with Gasteiger partial charge < -0.3 is 9.62 Å². The molecule has 56 valence electrons. The molecule has 0 spiro atoms. The molecule has 0 saturated carbocycles. The average molecular weight is 144 g/mol. The average Bonchev–Trinajstić information content (AvgIpc) is 2.40. The summed E-state index contributed by atoms with van der Waals surface area (Å²) in [5.41, 5.74) is 0. The molecular formula is C6H8O4. The molecule has 0 saturated heterocycles. The van der Waals surface area contributed by atoms with Crippen LogP contribution in [0.3, 0.4) is 0 Å². The van der Waals surface area contributed by atoms with Crippen molar-refractivity contribution >= 4 is 5.97 Å². The van der Waals surface area contributed by atoms with Gasteiger partial charge >= 0.3 is 5.97 Å². The predicted octanol–water partition coefficient (Wildman–Crippen LogP) is 0.395. The first-order valence-corrected chi connectivity index (χ1v) is 2.88. The highest BCUT2D eigenvalue weighted by molar-refractivity contribution is 5.71. The summed E-state index contributed by atoms with van der Waals surface area (Å²) in [6, 6.07) is 0. The van der Waals surface area contributed by atoms with E-state index in [2.05, 4.69) is 14.5 Å². The third kappa shape index (κ3) is 1.73. The van der Waals surface area contributed by atoms with Gasteiger partial charge in [0.25, 0.3) is 0 Å². The maximum absolute atomic E-state index is 10.6. The van der Waals surface area contributed by atoms with Crippen LogP contribution in [-0.2, 0) is 19.3 Å². The number of carbonyl (C=O) groups is 1. The van der Waals surface area contributed by atoms with Gasteiger partial charge in [-0.2, -0.15) is 4.89 Å². The molecule has 0 atom stereocenters. The fourth-order valence-corrected chi connectivity index (χ4v) is 0.587. The number of hydrogen-bond acceptors (Lipinski definition) is 4. The molecule has 0 fully saturated rings. The lowest BCUT2D eigenvalue weighted by Gasteiger charge is -1.97. The predicted molar refractivity (Wildman–Crippen MR) is 31.8 cm³/mol. The molecule has 0 amide bonds. The van der Waals surface area contributed by atoms with Gasteiger partial charge in [-0.1, -0.05) is 0 Å². The third-order valence-corrected chi connectivity index (χ3v) is 1.09. The first kappa shape index (κ1) is 7.08. The van der Waals surface area contributed by atoms with Gasteiger partial charge in [0.15, 0.2) is 5.76 Å². The number of rotatable bonds is 2. The molecule has 0 aliphatic carbocycles. The zero-order chi connectivity index (χ0) is 7.40. The molecule has 0 unspecified atom stereocenters. The number of methoxy groups -OCH3 is 1. The Labute approximate surface area is 58.3 Å². The number of ether oxygens (including phenoxy) is 1. The van der Waals surface area contributed by atoms with Crippen LogP contribution in [0.15, 0.2) is 11.8 Å². The van der Waals surface area contributed by atoms with Crippen molar-refractivity contribution < 1.29 is 19.3 Å². The van der Waals surface area contributed by atoms with E-state index in [1.165, 1.54) is 7.11 Å². The van der Waals surface area contributed by atoms with Gasteiger partial charge in [-0.25, -0.2) is 0 Å². The molecule has 0 aromatic rings. The minimum Gasteiger partial charge on any atom is -0.469 e. The first-order chi connectivity index (χ1) is 4.83. The lowest BCUT2D eigenvalue weighted by molar-refractivity contribution is -0.235. The van der Waals surface area contributed by atoms with Gasteiger partial charge in [0.05, 0.1) is 7.11 Å². The molecule has 4 heteroatoms. The second-order valence-corrected chi connectivity index (χ2v) is 1.79. The van der Waals surface area contributed by atoms with E-state index in [0.717, 1.165) is 0 Å². The minimum absolute atomic E-state index is 0.149. The van der Waals surface area contributed by atoms with Crippen LogP contribution in [0.2, 0.25) is 0 Å². The highest BCUT2D eigenvalue weighted by atomic mass is 17.2. The number of carbonyl (C=O) groups excluding carboxylic acids is 1. The van der Waals surface area contributed by atoms with Crippen LogP contribution in [-0.4, -0.2) is 19.7 Å². The van der Waals surface area contributed by atoms with Crippen molar-refractivity contribution in [2.75, 3.05) is 13.7 Å². The molecule has 0 aromatic heterocycles. The number of hydrogen-bond donors (Lipinski definition) is 0. The van der Waals surface area contributed by atoms with E-state index in [0.29, 0.717) is 12.4 Å². The Morgan fingerprint density at radius 2 is 2.70 bits per heavy atom. The Kier molecular flexibility index (Phi) is 2.28. The lowest BCUT2D eigenvalue weighted by atomic mass is 10.3. The summed E-state index contributed by atoms with van der Waals surface area (Å²) in [5.74, 6) is 0.198. The van der Waals surface area contributed by atoms with Gasteiger partial charge in [-0.15, -0.1) is 0 Å². The van der Waals surface area contributed by atoms with Gasteiger partial charge in [-0.05, 0) is 6.08 Å². The molecule has 0 aromatic carbocycles. The second kappa shape index (κ2) is 3.22. The number of esters is 1. The van der Waals surface area contributed by atoms with Crippen LogP contribution in [0.1, 0.15) is 6.42 Å². The zero-order valence-electron chi connectivity index (χ0n) is 5.62. The quantitative estimate of drug-likeness (QED) is 0.415. The molecule has 1 aliphatic heterocycles. The Balaban J connectivity index is 2.30. The summed E-state index contributed by atoms with van der Waals surface area (Å²) in [6.07, 6.45) is 1.84. The van der Waals surface area contributed by atoms with E-state index >= 15 is 0 Å². The fraction of sp³-hybridized carbons (Fsp3) is 0.500. The summed E-state index contributed by atoms with van der Waals surface area (Å²) in [4.78, 5) is 19.7. The van der Waals surface area contributed by atoms with Crippen LogP contribution in [0.4, 0.5) is 0 Å². The summed E-state index contributed by atoms with van der Waals surface area (Å²) in [6.45, 7) is 0.409. The van der Waals surface area contributed by atoms with Gasteiger partial charge in [0, 0.05) is 0 Å². The van der Waals surface area contributed by atoms with Crippen LogP contribution >= 0.6 is 0 Å². The van der Waals surface area contributed by atoms with E-state index in [1.807, 2.05) is 0 Å². The van der Waals surface area contributed by atoms with E-state index in [-0.39, 0.29) is 12.4 Å². The Morgan fingerprint density at radius 3 is 3.20 bits per heavy atom. The Hall–Kier alpha value is -1.03. The summed E-state index contributed by atoms with van der Waals surface area (Å²) in [5, 5.41) is 0. The monoisotopic (exact) mass is 144 g/mol. The van der Waals surface area contributed by atoms with Crippen molar-refractivity contribution in [3.63, 3.8) is 0 Å². The molecule has 1 aliphatic rings. The molecule has 10 heavy (non-hydrogen) atoms. The van der Waals surface area contributed by atoms with Crippen molar-refractivity contribution in [1.29, 1.82) is 0 Å². The van der Waals surface area contributed by atoms with Gasteiger partial charge in [0.2, 0.25) is 0 Å². The van der Waals surface area contributed by atoms with Crippen LogP contribution < -0.4 is 0 Å². The summed E-state index contributed by atoms with van der Waals surface area (Å²) < 4.78 is 4.40. The van der Waals surface area contributed by atoms with E-state index < -0.39 is 0 Å². The minimum atomic E-state index is -0.322. The normalized spacial score (nSPS) is 15.9. The molecule has 0 bridgehead atoms. The van der Waals surface area contributed by atoms with Gasteiger partial charge in [-0.3, -0.25) is 4.79 Å². The van der Waals surface area contributed by atoms with Crippen LogP contribution in [0, 0.1) is 0 Å². The van der Waals surface area contributed by atoms with E-state index in [1.54, 1.807) is 6.08 Å². The first-order valence-electron chi connectivity index (χ1n) is 2.88. The summed E-state index contributed by atoms with van der Waals surface area (Å²) in [7, 11) is 1.33. The van der Waals surface area contributed by atoms with E-state index in [9.17, 15) is 4.79 Å². The maximum Gasteiger partial charge on any atom is 0.313 e. The van der Waals surface area contributed by atoms with Crippen molar-refractivity contribution in [1.82, 2.24) is 0 Å². The molecular weight excluding hydrogens is 136 g/mol. The highest BCUT2D eigenvalue weighted by Crippen LogP contribution is 2.10. The standard InChI is InChI=1S/C6H8O4/c1-8-6(7)4-5-2-3-9-10-5/h2H,3-4H2,1H3. The van der Waals surface area contributed by atoms with Crippen molar-refractivity contribution in [3.8, 4) is 0 Å². The zero-order valence-corrected chi connectivity index (χ0v) is 5.62. The molecule has 4 nitrogen and oxygen atoms in total. The molecule has 1 rings (SSSR count). The van der Waals surface area contributed by atoms with Crippen LogP contribution in [0.25, 0.3) is 0 Å². The second-order valence-electron chi connectivity index (χ2n) is 1.79. The van der Waals surface area contributed by atoms with E-state index in [4.69, 9.17) is 0 Å². The molecule has 1 heterocycles. The summed E-state index contributed by atoms with van der Waals surface area (Å²) >= 11 is 0. The van der Waals surface area contributed by atoms with Crippen molar-refractivity contribution in [2.45, 2.75) is 6.42 Å². The molecule has 0 N–H and O–H groups in total. The highest BCUT2D eigenvalue weighted by Gasteiger charge is 2.11. The largest absolute Gasteiger partial charge is 0.469 e. The van der Waals surface area contributed by atoms with Gasteiger partial charge in [0.1, 0.15) is 13.0 Å². The van der Waals surface area contributed by atoms with Crippen molar-refractivity contribution in [3.05, 3.63) is 11.8 Å².